The second kappa shape index (κ2) is 5.48. The van der Waals surface area contributed by atoms with Gasteiger partial charge in [0.05, 0.1) is 7.11 Å². The van der Waals surface area contributed by atoms with Crippen LogP contribution in [-0.4, -0.2) is 23.6 Å². The molecular formula is C16H14BrNO3. The van der Waals surface area contributed by atoms with Gasteiger partial charge in [0.15, 0.2) is 0 Å². The molecule has 0 radical (unpaired) electrons. The Morgan fingerprint density at radius 2 is 2.00 bits per heavy atom. The molecule has 0 amide bonds. The summed E-state index contributed by atoms with van der Waals surface area (Å²) in [5, 5.41) is 0. The van der Waals surface area contributed by atoms with Crippen LogP contribution >= 0.6 is 15.9 Å². The zero-order valence-electron chi connectivity index (χ0n) is 11.5. The fraction of sp³-hybridized carbons (Fsp3) is 0.250. The number of ether oxygens (including phenoxy) is 1. The lowest BCUT2D eigenvalue weighted by Crippen LogP contribution is -2.36. The summed E-state index contributed by atoms with van der Waals surface area (Å²) in [6.45, 7) is 0. The van der Waals surface area contributed by atoms with Gasteiger partial charge in [-0.2, -0.15) is 0 Å². The number of fused-ring (bicyclic) bond motifs is 1. The average Bonchev–Trinajstić information content (AvgIpc) is 2.98. The highest BCUT2D eigenvalue weighted by molar-refractivity contribution is 9.10. The summed E-state index contributed by atoms with van der Waals surface area (Å²) in [4.78, 5) is 24.2. The third-order valence-electron chi connectivity index (χ3n) is 3.90. The number of nitrogens with zero attached hydrogens (tertiary/aromatic N) is 1. The molecule has 3 rings (SSSR count). The quantitative estimate of drug-likeness (QED) is 0.619. The molecule has 2 atom stereocenters. The number of halogens is 1. The van der Waals surface area contributed by atoms with E-state index >= 15 is 0 Å². The van der Waals surface area contributed by atoms with Crippen molar-refractivity contribution in [2.75, 3.05) is 7.11 Å². The van der Waals surface area contributed by atoms with Crippen molar-refractivity contribution in [3.8, 4) is 0 Å². The van der Waals surface area contributed by atoms with Crippen LogP contribution in [0.1, 0.15) is 28.4 Å². The molecule has 2 aromatic rings. The minimum Gasteiger partial charge on any atom is -0.468 e. The average molecular weight is 348 g/mol. The molecule has 0 unspecified atom stereocenters. The monoisotopic (exact) mass is 347 g/mol. The molecule has 2 heterocycles. The maximum Gasteiger partial charge on any atom is 0.318 e. The van der Waals surface area contributed by atoms with E-state index in [2.05, 4.69) is 15.9 Å². The van der Waals surface area contributed by atoms with Gasteiger partial charge in [-0.05, 0) is 36.2 Å². The van der Waals surface area contributed by atoms with E-state index in [1.54, 1.807) is 10.8 Å². The molecule has 1 aromatic carbocycles. The van der Waals surface area contributed by atoms with Crippen molar-refractivity contribution in [1.82, 2.24) is 4.57 Å². The van der Waals surface area contributed by atoms with Crippen molar-refractivity contribution in [2.45, 2.75) is 12.3 Å². The molecule has 1 aliphatic heterocycles. The van der Waals surface area contributed by atoms with Gasteiger partial charge in [-0.3, -0.25) is 14.2 Å². The summed E-state index contributed by atoms with van der Waals surface area (Å²) in [7, 11) is 1.31. The molecule has 21 heavy (non-hydrogen) atoms. The van der Waals surface area contributed by atoms with Crippen LogP contribution in [0.15, 0.2) is 47.1 Å². The summed E-state index contributed by atoms with van der Waals surface area (Å²) >= 11 is 3.42. The fourth-order valence-corrected chi connectivity index (χ4v) is 3.11. The van der Waals surface area contributed by atoms with Gasteiger partial charge in [-0.25, -0.2) is 0 Å². The molecular weight excluding hydrogens is 334 g/mol. The molecule has 0 saturated heterocycles. The van der Waals surface area contributed by atoms with Gasteiger partial charge in [0.25, 0.3) is 0 Å². The second-order valence-electron chi connectivity index (χ2n) is 5.06. The van der Waals surface area contributed by atoms with Crippen LogP contribution in [0.25, 0.3) is 0 Å². The summed E-state index contributed by atoms with van der Waals surface area (Å²) in [5.41, 5.74) is 2.00. The number of hydrogen-bond donors (Lipinski definition) is 0. The first-order chi connectivity index (χ1) is 10.1. The number of aromatic nitrogens is 1. The largest absolute Gasteiger partial charge is 0.468 e. The van der Waals surface area contributed by atoms with Crippen LogP contribution in [0.2, 0.25) is 0 Å². The molecule has 4 nitrogen and oxygen atoms in total. The first kappa shape index (κ1) is 14.1. The minimum atomic E-state index is -0.747. The molecule has 0 bridgehead atoms. The van der Waals surface area contributed by atoms with Crippen LogP contribution in [0.3, 0.4) is 0 Å². The third kappa shape index (κ3) is 2.42. The predicted octanol–water partition coefficient (Wildman–Crippen LogP) is 3.22. The predicted molar refractivity (Wildman–Crippen MR) is 81.2 cm³/mol. The number of carbonyl (C=O) groups is 2. The van der Waals surface area contributed by atoms with Crippen molar-refractivity contribution >= 4 is 27.8 Å². The van der Waals surface area contributed by atoms with Crippen LogP contribution in [0.4, 0.5) is 0 Å². The normalized spacial score (nSPS) is 21.0. The van der Waals surface area contributed by atoms with Gasteiger partial charge in [-0.15, -0.1) is 0 Å². The topological polar surface area (TPSA) is 48.3 Å². The van der Waals surface area contributed by atoms with E-state index in [9.17, 15) is 9.59 Å². The zero-order valence-corrected chi connectivity index (χ0v) is 13.0. The third-order valence-corrected chi connectivity index (χ3v) is 4.43. The van der Waals surface area contributed by atoms with E-state index in [-0.39, 0.29) is 11.8 Å². The number of esters is 1. The van der Waals surface area contributed by atoms with Crippen molar-refractivity contribution in [3.05, 3.63) is 58.3 Å². The molecule has 108 valence electrons. The van der Waals surface area contributed by atoms with Crippen molar-refractivity contribution in [3.63, 3.8) is 0 Å². The zero-order chi connectivity index (χ0) is 15.0. The number of hydrogen-bond acceptors (Lipinski definition) is 3. The first-order valence-electron chi connectivity index (χ1n) is 6.66. The van der Waals surface area contributed by atoms with Crippen LogP contribution in [-0.2, 0) is 9.53 Å². The van der Waals surface area contributed by atoms with E-state index in [1.165, 1.54) is 7.11 Å². The number of rotatable bonds is 2. The first-order valence-corrected chi connectivity index (χ1v) is 7.46. The van der Waals surface area contributed by atoms with E-state index in [0.29, 0.717) is 6.42 Å². The Kier molecular flexibility index (Phi) is 3.68. The highest BCUT2D eigenvalue weighted by atomic mass is 79.9. The van der Waals surface area contributed by atoms with Gasteiger partial charge in [0, 0.05) is 22.3 Å². The van der Waals surface area contributed by atoms with Crippen LogP contribution in [0, 0.1) is 5.92 Å². The van der Waals surface area contributed by atoms with Crippen LogP contribution < -0.4 is 0 Å². The van der Waals surface area contributed by atoms with Crippen molar-refractivity contribution in [1.29, 1.82) is 0 Å². The number of carbonyl (C=O) groups excluding carboxylic acids is 2. The molecule has 0 saturated carbocycles. The fourth-order valence-electron chi connectivity index (χ4n) is 2.85. The second-order valence-corrected chi connectivity index (χ2v) is 5.97. The standard InChI is InChI=1S/C16H14BrNO3/c1-21-16(20)13-9-12(10-4-6-11(17)7-5-10)14-3-2-8-18(14)15(13)19/h2-8,12-13H,9H2,1H3/t12-,13+/m0/s1. The molecule has 1 aliphatic rings. The van der Waals surface area contributed by atoms with Gasteiger partial charge in [0.1, 0.15) is 5.92 Å². The SMILES string of the molecule is COC(=O)[C@@H]1C[C@@H](c2ccc(Br)cc2)c2cccn2C1=O. The Labute approximate surface area is 130 Å². The van der Waals surface area contributed by atoms with Gasteiger partial charge in [-0.1, -0.05) is 28.1 Å². The Bertz CT molecular complexity index is 690. The van der Waals surface area contributed by atoms with Crippen molar-refractivity contribution in [2.24, 2.45) is 5.92 Å². The maximum absolute atomic E-state index is 12.4. The number of benzene rings is 1. The summed E-state index contributed by atoms with van der Waals surface area (Å²) in [5.74, 6) is -1.42. The number of methoxy groups -OCH3 is 1. The Hall–Kier alpha value is -1.88. The molecule has 0 spiro atoms. The lowest BCUT2D eigenvalue weighted by molar-refractivity contribution is -0.144. The molecule has 0 fully saturated rings. The van der Waals surface area contributed by atoms with Gasteiger partial charge < -0.3 is 4.74 Å². The van der Waals surface area contributed by atoms with Crippen molar-refractivity contribution < 1.29 is 14.3 Å². The van der Waals surface area contributed by atoms with E-state index in [0.717, 1.165) is 15.7 Å². The highest BCUT2D eigenvalue weighted by Crippen LogP contribution is 2.37. The van der Waals surface area contributed by atoms with E-state index in [4.69, 9.17) is 4.74 Å². The van der Waals surface area contributed by atoms with E-state index < -0.39 is 11.9 Å². The molecule has 5 heteroatoms. The Balaban J connectivity index is 2.05. The van der Waals surface area contributed by atoms with Gasteiger partial charge >= 0.3 is 5.97 Å². The lowest BCUT2D eigenvalue weighted by atomic mass is 9.83. The van der Waals surface area contributed by atoms with E-state index in [1.807, 2.05) is 36.4 Å². The molecule has 1 aromatic heterocycles. The maximum atomic E-state index is 12.4. The summed E-state index contributed by atoms with van der Waals surface area (Å²) < 4.78 is 7.34. The molecule has 0 aliphatic carbocycles. The smallest absolute Gasteiger partial charge is 0.318 e. The Morgan fingerprint density at radius 3 is 2.67 bits per heavy atom. The van der Waals surface area contributed by atoms with Crippen LogP contribution in [0.5, 0.6) is 0 Å². The minimum absolute atomic E-state index is 0.00917. The lowest BCUT2D eigenvalue weighted by Gasteiger charge is -2.29. The summed E-state index contributed by atoms with van der Waals surface area (Å²) in [6.07, 6.45) is 2.15. The van der Waals surface area contributed by atoms with Gasteiger partial charge in [0.2, 0.25) is 5.91 Å². The summed E-state index contributed by atoms with van der Waals surface area (Å²) in [6, 6.07) is 11.7. The highest BCUT2D eigenvalue weighted by Gasteiger charge is 2.38. The Morgan fingerprint density at radius 1 is 1.29 bits per heavy atom. The molecule has 0 N–H and O–H groups in total.